The van der Waals surface area contributed by atoms with Crippen molar-refractivity contribution in [3.63, 3.8) is 0 Å². The Morgan fingerprint density at radius 3 is 2.80 bits per heavy atom. The average Bonchev–Trinajstić information content (AvgIpc) is 2.47. The molecule has 3 nitrogen and oxygen atoms in total. The lowest BCUT2D eigenvalue weighted by atomic mass is 9.93. The fourth-order valence-corrected chi connectivity index (χ4v) is 3.06. The van der Waals surface area contributed by atoms with E-state index in [0.29, 0.717) is 5.52 Å². The molecule has 0 amide bonds. The Hall–Kier alpha value is -2.55. The summed E-state index contributed by atoms with van der Waals surface area (Å²) < 4.78 is 0. The zero-order chi connectivity index (χ0) is 13.7. The summed E-state index contributed by atoms with van der Waals surface area (Å²) in [5.41, 5.74) is 5.48. The Bertz CT molecular complexity index is 826. The van der Waals surface area contributed by atoms with Crippen molar-refractivity contribution in [2.45, 2.75) is 6.54 Å². The van der Waals surface area contributed by atoms with E-state index >= 15 is 0 Å². The number of anilines is 1. The monoisotopic (exact) mass is 262 g/mol. The van der Waals surface area contributed by atoms with Gasteiger partial charge in [0.1, 0.15) is 11.3 Å². The summed E-state index contributed by atoms with van der Waals surface area (Å²) in [6, 6.07) is 14.0. The molecule has 0 fully saturated rings. The van der Waals surface area contributed by atoms with Crippen LogP contribution in [0.25, 0.3) is 22.0 Å². The molecule has 20 heavy (non-hydrogen) atoms. The summed E-state index contributed by atoms with van der Waals surface area (Å²) >= 11 is 0. The molecule has 2 aromatic carbocycles. The smallest absolute Gasteiger partial charge is 0.141 e. The summed E-state index contributed by atoms with van der Waals surface area (Å²) in [5.74, 6) is 0.234. The Labute approximate surface area is 117 Å². The molecular formula is C17H14N2O. The van der Waals surface area contributed by atoms with Crippen LogP contribution in [0.1, 0.15) is 5.56 Å². The van der Waals surface area contributed by atoms with E-state index in [1.807, 2.05) is 18.3 Å². The first-order chi connectivity index (χ1) is 9.75. The van der Waals surface area contributed by atoms with Crippen LogP contribution in [-0.4, -0.2) is 17.1 Å². The molecule has 0 unspecified atom stereocenters. The molecular weight excluding hydrogens is 248 g/mol. The second-order valence-electron chi connectivity index (χ2n) is 5.21. The first-order valence-corrected chi connectivity index (χ1v) is 6.66. The number of nitrogens with zero attached hydrogens (tertiary/aromatic N) is 2. The Morgan fingerprint density at radius 1 is 1.05 bits per heavy atom. The zero-order valence-corrected chi connectivity index (χ0v) is 11.2. The van der Waals surface area contributed by atoms with Crippen molar-refractivity contribution in [1.82, 2.24) is 4.98 Å². The molecule has 98 valence electrons. The number of hydrogen-bond acceptors (Lipinski definition) is 3. The highest BCUT2D eigenvalue weighted by Crippen LogP contribution is 2.43. The number of rotatable bonds is 0. The van der Waals surface area contributed by atoms with Gasteiger partial charge in [0.15, 0.2) is 0 Å². The minimum atomic E-state index is 0.234. The highest BCUT2D eigenvalue weighted by atomic mass is 16.3. The van der Waals surface area contributed by atoms with Crippen LogP contribution < -0.4 is 4.90 Å². The van der Waals surface area contributed by atoms with E-state index in [0.717, 1.165) is 23.2 Å². The van der Waals surface area contributed by atoms with Gasteiger partial charge in [-0.1, -0.05) is 36.4 Å². The fraction of sp³-hybridized carbons (Fsp3) is 0.118. The molecule has 0 atom stereocenters. The number of phenols is 1. The lowest BCUT2D eigenvalue weighted by Gasteiger charge is -2.30. The first kappa shape index (κ1) is 11.3. The summed E-state index contributed by atoms with van der Waals surface area (Å²) in [5, 5.41) is 11.0. The molecule has 0 radical (unpaired) electrons. The Morgan fingerprint density at radius 2 is 1.90 bits per heavy atom. The van der Waals surface area contributed by atoms with Crippen molar-refractivity contribution in [2.24, 2.45) is 0 Å². The van der Waals surface area contributed by atoms with Gasteiger partial charge in [0, 0.05) is 30.7 Å². The van der Waals surface area contributed by atoms with Gasteiger partial charge in [-0.25, -0.2) is 0 Å². The number of aromatic hydroxyl groups is 1. The molecule has 3 heteroatoms. The number of benzene rings is 2. The molecule has 1 aromatic heterocycles. The standard InChI is InChI=1S/C17H14N2O/c1-19-10-11-5-2-3-6-12(11)14-9-18-16-13(17(14)19)7-4-8-15(16)20/h2-9,20H,10H2,1H3. The van der Waals surface area contributed by atoms with Gasteiger partial charge in [0.05, 0.1) is 5.69 Å². The molecule has 0 saturated heterocycles. The van der Waals surface area contributed by atoms with Gasteiger partial charge in [-0.05, 0) is 17.2 Å². The molecule has 1 aliphatic heterocycles. The van der Waals surface area contributed by atoms with Crippen LogP contribution in [-0.2, 0) is 6.54 Å². The maximum atomic E-state index is 9.97. The molecule has 2 heterocycles. The summed E-state index contributed by atoms with van der Waals surface area (Å²) in [7, 11) is 2.08. The van der Waals surface area contributed by atoms with Crippen LogP contribution in [0.4, 0.5) is 5.69 Å². The minimum absolute atomic E-state index is 0.234. The lowest BCUT2D eigenvalue weighted by Crippen LogP contribution is -2.22. The number of fused-ring (bicyclic) bond motifs is 5. The van der Waals surface area contributed by atoms with Crippen LogP contribution in [0.3, 0.4) is 0 Å². The van der Waals surface area contributed by atoms with E-state index in [9.17, 15) is 5.11 Å². The van der Waals surface area contributed by atoms with Crippen molar-refractivity contribution in [3.05, 3.63) is 54.2 Å². The van der Waals surface area contributed by atoms with E-state index in [-0.39, 0.29) is 5.75 Å². The number of hydrogen-bond donors (Lipinski definition) is 1. The molecule has 4 rings (SSSR count). The molecule has 3 aromatic rings. The van der Waals surface area contributed by atoms with Gasteiger partial charge >= 0.3 is 0 Å². The van der Waals surface area contributed by atoms with Crippen LogP contribution >= 0.6 is 0 Å². The van der Waals surface area contributed by atoms with E-state index in [1.54, 1.807) is 6.07 Å². The van der Waals surface area contributed by atoms with Crippen molar-refractivity contribution < 1.29 is 5.11 Å². The van der Waals surface area contributed by atoms with Crippen LogP contribution in [0.2, 0.25) is 0 Å². The molecule has 1 N–H and O–H groups in total. The number of para-hydroxylation sites is 1. The van der Waals surface area contributed by atoms with Gasteiger partial charge in [0.25, 0.3) is 0 Å². The van der Waals surface area contributed by atoms with Crippen LogP contribution in [0.15, 0.2) is 48.7 Å². The number of aromatic nitrogens is 1. The fourth-order valence-electron chi connectivity index (χ4n) is 3.06. The van der Waals surface area contributed by atoms with Gasteiger partial charge in [0.2, 0.25) is 0 Å². The third-order valence-corrected chi connectivity index (χ3v) is 3.94. The summed E-state index contributed by atoms with van der Waals surface area (Å²) in [6.07, 6.45) is 1.87. The predicted molar refractivity (Wildman–Crippen MR) is 81.0 cm³/mol. The Balaban J connectivity index is 2.13. The number of pyridine rings is 1. The van der Waals surface area contributed by atoms with Crippen molar-refractivity contribution in [1.29, 1.82) is 0 Å². The van der Waals surface area contributed by atoms with Gasteiger partial charge in [-0.3, -0.25) is 4.98 Å². The maximum Gasteiger partial charge on any atom is 0.141 e. The molecule has 0 aliphatic carbocycles. The van der Waals surface area contributed by atoms with Crippen molar-refractivity contribution in [2.75, 3.05) is 11.9 Å². The maximum absolute atomic E-state index is 9.97. The Kier molecular flexibility index (Phi) is 2.24. The second-order valence-corrected chi connectivity index (χ2v) is 5.21. The van der Waals surface area contributed by atoms with E-state index in [4.69, 9.17) is 0 Å². The van der Waals surface area contributed by atoms with E-state index in [1.165, 1.54) is 11.1 Å². The van der Waals surface area contributed by atoms with Gasteiger partial charge in [-0.15, -0.1) is 0 Å². The normalized spacial score (nSPS) is 13.2. The quantitative estimate of drug-likeness (QED) is 0.673. The molecule has 0 saturated carbocycles. The predicted octanol–water partition coefficient (Wildman–Crippen LogP) is 3.56. The minimum Gasteiger partial charge on any atom is -0.506 e. The summed E-state index contributed by atoms with van der Waals surface area (Å²) in [6.45, 7) is 0.873. The van der Waals surface area contributed by atoms with E-state index < -0.39 is 0 Å². The van der Waals surface area contributed by atoms with Crippen LogP contribution in [0.5, 0.6) is 5.75 Å². The summed E-state index contributed by atoms with van der Waals surface area (Å²) in [4.78, 5) is 6.67. The van der Waals surface area contributed by atoms with E-state index in [2.05, 4.69) is 41.2 Å². The molecule has 0 spiro atoms. The highest BCUT2D eigenvalue weighted by molar-refractivity contribution is 6.03. The van der Waals surface area contributed by atoms with Crippen molar-refractivity contribution >= 4 is 16.6 Å². The first-order valence-electron chi connectivity index (χ1n) is 6.66. The lowest BCUT2D eigenvalue weighted by molar-refractivity contribution is 0.480. The van der Waals surface area contributed by atoms with Gasteiger partial charge in [-0.2, -0.15) is 0 Å². The third kappa shape index (κ3) is 1.43. The zero-order valence-electron chi connectivity index (χ0n) is 11.2. The molecule has 1 aliphatic rings. The topological polar surface area (TPSA) is 36.4 Å². The number of phenolic OH excluding ortho intramolecular Hbond substituents is 1. The second kappa shape index (κ2) is 3.97. The third-order valence-electron chi connectivity index (χ3n) is 3.94. The highest BCUT2D eigenvalue weighted by Gasteiger charge is 2.22. The largest absolute Gasteiger partial charge is 0.506 e. The molecule has 0 bridgehead atoms. The van der Waals surface area contributed by atoms with Crippen LogP contribution in [0, 0.1) is 0 Å². The van der Waals surface area contributed by atoms with Gasteiger partial charge < -0.3 is 10.0 Å². The SMILES string of the molecule is CN1Cc2ccccc2-c2cnc3c(O)cccc3c21. The average molecular weight is 262 g/mol. The van der Waals surface area contributed by atoms with Crippen molar-refractivity contribution in [3.8, 4) is 16.9 Å².